The molecule has 1 fully saturated rings. The summed E-state index contributed by atoms with van der Waals surface area (Å²) in [6, 6.07) is 50.5. The number of aliphatic hydroxyl groups is 1. The number of ether oxygens (including phenoxy) is 5. The standard InChI is InChI=1S/C43H46O6/c44-38-39(45-28-16-27-33-17-6-1-7-18-33)41(47-30-35-21-10-3-11-22-35)43(49-32-37-25-14-5-15-26-37)42(48-31-36-23-12-4-13-24-36)40(38)46-29-34-19-8-2-9-20-34/h1-15,17-26,38-44H,16,27-32H2/t38-,39+,40-,41-,42+,43+/m0/s1. The molecule has 254 valence electrons. The van der Waals surface area contributed by atoms with Gasteiger partial charge in [0.2, 0.25) is 0 Å². The zero-order valence-electron chi connectivity index (χ0n) is 27.8. The Labute approximate surface area is 290 Å². The third-order valence-corrected chi connectivity index (χ3v) is 8.87. The zero-order chi connectivity index (χ0) is 33.5. The molecular weight excluding hydrogens is 612 g/mol. The number of benzene rings is 5. The molecule has 1 saturated carbocycles. The first-order valence-electron chi connectivity index (χ1n) is 17.2. The lowest BCUT2D eigenvalue weighted by Crippen LogP contribution is -2.66. The number of aryl methyl sites for hydroxylation is 1. The predicted octanol–water partition coefficient (Wildman–Crippen LogP) is 7.72. The van der Waals surface area contributed by atoms with Crippen LogP contribution in [0.4, 0.5) is 0 Å². The summed E-state index contributed by atoms with van der Waals surface area (Å²) >= 11 is 0. The van der Waals surface area contributed by atoms with Gasteiger partial charge in [-0.15, -0.1) is 0 Å². The Morgan fingerprint density at radius 1 is 0.347 bits per heavy atom. The van der Waals surface area contributed by atoms with Crippen molar-refractivity contribution in [3.05, 3.63) is 179 Å². The molecule has 0 aliphatic heterocycles. The fourth-order valence-corrected chi connectivity index (χ4v) is 6.30. The van der Waals surface area contributed by atoms with Gasteiger partial charge >= 0.3 is 0 Å². The van der Waals surface area contributed by atoms with E-state index in [1.54, 1.807) is 0 Å². The summed E-state index contributed by atoms with van der Waals surface area (Å²) in [5, 5.41) is 12.2. The van der Waals surface area contributed by atoms with Gasteiger partial charge in [0.25, 0.3) is 0 Å². The van der Waals surface area contributed by atoms with Gasteiger partial charge in [0, 0.05) is 6.61 Å². The van der Waals surface area contributed by atoms with Crippen molar-refractivity contribution in [2.24, 2.45) is 0 Å². The SMILES string of the molecule is O[C@H]1[C@@H](OCCCc2ccccc2)[C@H](OCc2ccccc2)[C@@H](OCc2ccccc2)[C@H](OCc2ccccc2)[C@H]1OCc1ccccc1. The van der Waals surface area contributed by atoms with Crippen molar-refractivity contribution < 1.29 is 28.8 Å². The van der Waals surface area contributed by atoms with Gasteiger partial charge in [-0.2, -0.15) is 0 Å². The summed E-state index contributed by atoms with van der Waals surface area (Å²) in [4.78, 5) is 0. The molecule has 0 radical (unpaired) electrons. The molecule has 1 aliphatic carbocycles. The van der Waals surface area contributed by atoms with Gasteiger partial charge in [0.15, 0.2) is 0 Å². The maximum absolute atomic E-state index is 12.2. The van der Waals surface area contributed by atoms with Crippen LogP contribution in [0.3, 0.4) is 0 Å². The quantitative estimate of drug-likeness (QED) is 0.103. The van der Waals surface area contributed by atoms with E-state index in [-0.39, 0.29) is 0 Å². The van der Waals surface area contributed by atoms with Crippen LogP contribution >= 0.6 is 0 Å². The molecule has 0 unspecified atom stereocenters. The van der Waals surface area contributed by atoms with Crippen LogP contribution in [0.2, 0.25) is 0 Å². The van der Waals surface area contributed by atoms with Crippen LogP contribution in [0.25, 0.3) is 0 Å². The van der Waals surface area contributed by atoms with E-state index < -0.39 is 36.6 Å². The van der Waals surface area contributed by atoms with E-state index in [0.717, 1.165) is 35.1 Å². The Hall–Kier alpha value is -4.14. The maximum Gasteiger partial charge on any atom is 0.116 e. The van der Waals surface area contributed by atoms with Crippen molar-refractivity contribution >= 4 is 0 Å². The van der Waals surface area contributed by atoms with Crippen LogP contribution in [0.5, 0.6) is 0 Å². The van der Waals surface area contributed by atoms with Gasteiger partial charge in [-0.1, -0.05) is 152 Å². The number of aliphatic hydroxyl groups excluding tert-OH is 1. The molecule has 6 heteroatoms. The topological polar surface area (TPSA) is 66.4 Å². The lowest BCUT2D eigenvalue weighted by atomic mass is 9.83. The van der Waals surface area contributed by atoms with Crippen LogP contribution < -0.4 is 0 Å². The minimum absolute atomic E-state index is 0.301. The molecule has 5 aromatic rings. The summed E-state index contributed by atoms with van der Waals surface area (Å²) in [5.41, 5.74) is 5.31. The highest BCUT2D eigenvalue weighted by atomic mass is 16.6. The molecule has 49 heavy (non-hydrogen) atoms. The summed E-state index contributed by atoms with van der Waals surface area (Å²) in [5.74, 6) is 0. The van der Waals surface area contributed by atoms with Gasteiger partial charge < -0.3 is 28.8 Å². The van der Waals surface area contributed by atoms with Crippen LogP contribution in [-0.4, -0.2) is 48.3 Å². The Morgan fingerprint density at radius 3 is 1.00 bits per heavy atom. The second-order valence-corrected chi connectivity index (χ2v) is 12.5. The average Bonchev–Trinajstić information content (AvgIpc) is 3.16. The number of hydrogen-bond acceptors (Lipinski definition) is 6. The molecule has 1 N–H and O–H groups in total. The van der Waals surface area contributed by atoms with E-state index in [1.807, 2.05) is 140 Å². The number of hydrogen-bond donors (Lipinski definition) is 1. The van der Waals surface area contributed by atoms with Crippen LogP contribution in [-0.2, 0) is 56.5 Å². The van der Waals surface area contributed by atoms with Crippen LogP contribution in [0.15, 0.2) is 152 Å². The summed E-state index contributed by atoms with van der Waals surface area (Å²) in [6.07, 6.45) is -2.78. The predicted molar refractivity (Wildman–Crippen MR) is 191 cm³/mol. The van der Waals surface area contributed by atoms with Crippen molar-refractivity contribution in [3.8, 4) is 0 Å². The zero-order valence-corrected chi connectivity index (χ0v) is 27.8. The molecule has 0 aromatic heterocycles. The van der Waals surface area contributed by atoms with E-state index in [9.17, 15) is 5.11 Å². The number of rotatable bonds is 17. The van der Waals surface area contributed by atoms with E-state index in [1.165, 1.54) is 5.56 Å². The van der Waals surface area contributed by atoms with Gasteiger partial charge in [-0.3, -0.25) is 0 Å². The molecular formula is C43H46O6. The van der Waals surface area contributed by atoms with Crippen molar-refractivity contribution in [2.75, 3.05) is 6.61 Å². The molecule has 6 atom stereocenters. The molecule has 0 spiro atoms. The van der Waals surface area contributed by atoms with Gasteiger partial charge in [-0.25, -0.2) is 0 Å². The highest BCUT2D eigenvalue weighted by Crippen LogP contribution is 2.34. The van der Waals surface area contributed by atoms with Crippen molar-refractivity contribution in [3.63, 3.8) is 0 Å². The Balaban J connectivity index is 1.30. The summed E-state index contributed by atoms with van der Waals surface area (Å²) < 4.78 is 33.4. The molecule has 6 nitrogen and oxygen atoms in total. The second kappa shape index (κ2) is 18.6. The fourth-order valence-electron chi connectivity index (χ4n) is 6.30. The van der Waals surface area contributed by atoms with E-state index in [4.69, 9.17) is 23.7 Å². The van der Waals surface area contributed by atoms with Gasteiger partial charge in [-0.05, 0) is 40.7 Å². The van der Waals surface area contributed by atoms with Crippen LogP contribution in [0.1, 0.15) is 34.2 Å². The minimum atomic E-state index is -1.04. The highest BCUT2D eigenvalue weighted by molar-refractivity contribution is 5.18. The summed E-state index contributed by atoms with van der Waals surface area (Å²) in [6.45, 7) is 1.73. The molecule has 0 saturated heterocycles. The highest BCUT2D eigenvalue weighted by Gasteiger charge is 2.54. The van der Waals surface area contributed by atoms with Gasteiger partial charge in [0.05, 0.1) is 26.4 Å². The third kappa shape index (κ3) is 10.2. The van der Waals surface area contributed by atoms with E-state index in [2.05, 4.69) is 12.1 Å². The van der Waals surface area contributed by atoms with Crippen molar-refractivity contribution in [1.29, 1.82) is 0 Å². The normalized spacial score (nSPS) is 22.1. The summed E-state index contributed by atoms with van der Waals surface area (Å²) in [7, 11) is 0. The second-order valence-electron chi connectivity index (χ2n) is 12.5. The molecule has 6 rings (SSSR count). The lowest BCUT2D eigenvalue weighted by molar-refractivity contribution is -0.281. The molecule has 0 bridgehead atoms. The third-order valence-electron chi connectivity index (χ3n) is 8.87. The van der Waals surface area contributed by atoms with Crippen molar-refractivity contribution in [1.82, 2.24) is 0 Å². The first kappa shape index (κ1) is 34.7. The smallest absolute Gasteiger partial charge is 0.116 e. The first-order chi connectivity index (χ1) is 24.2. The monoisotopic (exact) mass is 658 g/mol. The van der Waals surface area contributed by atoms with Crippen molar-refractivity contribution in [2.45, 2.75) is 75.9 Å². The Kier molecular flexibility index (Phi) is 13.2. The molecule has 5 aromatic carbocycles. The largest absolute Gasteiger partial charge is 0.387 e. The lowest BCUT2D eigenvalue weighted by Gasteiger charge is -2.48. The van der Waals surface area contributed by atoms with E-state index >= 15 is 0 Å². The average molecular weight is 659 g/mol. The Bertz CT molecular complexity index is 1600. The first-order valence-corrected chi connectivity index (χ1v) is 17.2. The minimum Gasteiger partial charge on any atom is -0.387 e. The Morgan fingerprint density at radius 2 is 0.633 bits per heavy atom. The molecule has 0 heterocycles. The van der Waals surface area contributed by atoms with Gasteiger partial charge in [0.1, 0.15) is 36.6 Å². The van der Waals surface area contributed by atoms with Crippen LogP contribution in [0, 0.1) is 0 Å². The fraction of sp³-hybridized carbons (Fsp3) is 0.302. The maximum atomic E-state index is 12.2. The molecule has 0 amide bonds. The van der Waals surface area contributed by atoms with E-state index in [0.29, 0.717) is 33.0 Å². The molecule has 1 aliphatic rings.